The number of hydrogen-bond acceptors (Lipinski definition) is 2. The molecule has 1 amide bonds. The predicted octanol–water partition coefficient (Wildman–Crippen LogP) is 2.64. The Morgan fingerprint density at radius 3 is 2.53 bits per heavy atom. The molecule has 0 radical (unpaired) electrons. The summed E-state index contributed by atoms with van der Waals surface area (Å²) in [5.41, 5.74) is 6.76. The Morgan fingerprint density at radius 2 is 2.00 bits per heavy atom. The fraction of sp³-hybridized carbons (Fsp3) is 0.462. The van der Waals surface area contributed by atoms with Crippen LogP contribution in [0.5, 0.6) is 0 Å². The third-order valence-corrected chi connectivity index (χ3v) is 2.97. The summed E-state index contributed by atoms with van der Waals surface area (Å²) in [5, 5.41) is 3.61. The van der Waals surface area contributed by atoms with Gasteiger partial charge in [-0.2, -0.15) is 0 Å². The summed E-state index contributed by atoms with van der Waals surface area (Å²) in [4.78, 5) is 11.6. The molecule has 0 aliphatic carbocycles. The van der Waals surface area contributed by atoms with Crippen LogP contribution in [0.3, 0.4) is 0 Å². The number of nitrogens with two attached hydrogens (primary N) is 1. The van der Waals surface area contributed by atoms with Crippen LogP contribution in [-0.4, -0.2) is 11.9 Å². The summed E-state index contributed by atoms with van der Waals surface area (Å²) in [7, 11) is 0. The van der Waals surface area contributed by atoms with E-state index in [1.54, 1.807) is 0 Å². The maximum atomic E-state index is 11.6. The Kier molecular flexibility index (Phi) is 5.45. The van der Waals surface area contributed by atoms with E-state index in [0.717, 1.165) is 12.0 Å². The van der Waals surface area contributed by atoms with Crippen LogP contribution in [0, 0.1) is 0 Å². The van der Waals surface area contributed by atoms with Gasteiger partial charge in [-0.1, -0.05) is 30.7 Å². The number of halogens is 1. The standard InChI is InChI=1S/C13H19ClN2O/c1-3-12(15)8-13(17)16-9(2)10-4-6-11(14)7-5-10/h4-7,9,12H,3,8,15H2,1-2H3,(H,16,17). The minimum atomic E-state index is -0.0626. The first-order valence-corrected chi connectivity index (χ1v) is 6.21. The van der Waals surface area contributed by atoms with Crippen LogP contribution in [-0.2, 0) is 4.79 Å². The van der Waals surface area contributed by atoms with Gasteiger partial charge in [0.05, 0.1) is 6.04 Å². The molecule has 0 saturated carbocycles. The van der Waals surface area contributed by atoms with Gasteiger partial charge in [-0.15, -0.1) is 0 Å². The molecule has 0 fully saturated rings. The van der Waals surface area contributed by atoms with Crippen LogP contribution in [0.1, 0.15) is 38.3 Å². The van der Waals surface area contributed by atoms with Crippen molar-refractivity contribution in [3.8, 4) is 0 Å². The molecule has 0 spiro atoms. The van der Waals surface area contributed by atoms with E-state index in [4.69, 9.17) is 17.3 Å². The average molecular weight is 255 g/mol. The number of carbonyl (C=O) groups excluding carboxylic acids is 1. The second-order valence-corrected chi connectivity index (χ2v) is 4.65. The topological polar surface area (TPSA) is 55.1 Å². The van der Waals surface area contributed by atoms with E-state index in [1.165, 1.54) is 0 Å². The fourth-order valence-electron chi connectivity index (χ4n) is 1.52. The molecule has 3 N–H and O–H groups in total. The van der Waals surface area contributed by atoms with Crippen LogP contribution in [0.25, 0.3) is 0 Å². The maximum absolute atomic E-state index is 11.6. The Morgan fingerprint density at radius 1 is 1.41 bits per heavy atom. The SMILES string of the molecule is CCC(N)CC(=O)NC(C)c1ccc(Cl)cc1. The van der Waals surface area contributed by atoms with Crippen molar-refractivity contribution in [2.45, 2.75) is 38.8 Å². The van der Waals surface area contributed by atoms with Crippen LogP contribution in [0.2, 0.25) is 5.02 Å². The minimum absolute atomic E-state index is 0.0122. The van der Waals surface area contributed by atoms with Crippen molar-refractivity contribution in [3.05, 3.63) is 34.9 Å². The van der Waals surface area contributed by atoms with Crippen molar-refractivity contribution in [3.63, 3.8) is 0 Å². The lowest BCUT2D eigenvalue weighted by atomic mass is 10.1. The van der Waals surface area contributed by atoms with Gasteiger partial charge in [-0.3, -0.25) is 4.79 Å². The summed E-state index contributed by atoms with van der Waals surface area (Å²) in [5.74, 6) is -0.0122. The monoisotopic (exact) mass is 254 g/mol. The lowest BCUT2D eigenvalue weighted by molar-refractivity contribution is -0.122. The summed E-state index contributed by atoms with van der Waals surface area (Å²) < 4.78 is 0. The Labute approximate surface area is 107 Å². The highest BCUT2D eigenvalue weighted by Gasteiger charge is 2.11. The smallest absolute Gasteiger partial charge is 0.222 e. The molecule has 94 valence electrons. The molecular weight excluding hydrogens is 236 g/mol. The molecular formula is C13H19ClN2O. The number of carbonyl (C=O) groups is 1. The molecule has 0 aromatic heterocycles. The van der Waals surface area contributed by atoms with E-state index in [2.05, 4.69) is 5.32 Å². The minimum Gasteiger partial charge on any atom is -0.350 e. The van der Waals surface area contributed by atoms with E-state index in [-0.39, 0.29) is 18.0 Å². The normalized spacial score (nSPS) is 14.1. The van der Waals surface area contributed by atoms with E-state index in [0.29, 0.717) is 11.4 Å². The molecule has 0 aliphatic rings. The molecule has 2 atom stereocenters. The lowest BCUT2D eigenvalue weighted by Gasteiger charge is -2.16. The molecule has 0 bridgehead atoms. The first-order chi connectivity index (χ1) is 8.02. The third-order valence-electron chi connectivity index (χ3n) is 2.72. The molecule has 0 heterocycles. The largest absolute Gasteiger partial charge is 0.350 e. The molecule has 17 heavy (non-hydrogen) atoms. The molecule has 0 saturated heterocycles. The van der Waals surface area contributed by atoms with Crippen molar-refractivity contribution < 1.29 is 4.79 Å². The Hall–Kier alpha value is -1.06. The predicted molar refractivity (Wildman–Crippen MR) is 70.9 cm³/mol. The zero-order valence-corrected chi connectivity index (χ0v) is 11.0. The first kappa shape index (κ1) is 14.0. The highest BCUT2D eigenvalue weighted by Crippen LogP contribution is 2.16. The van der Waals surface area contributed by atoms with Gasteiger partial charge in [0, 0.05) is 17.5 Å². The van der Waals surface area contributed by atoms with Gasteiger partial charge < -0.3 is 11.1 Å². The quantitative estimate of drug-likeness (QED) is 0.849. The second kappa shape index (κ2) is 6.62. The highest BCUT2D eigenvalue weighted by molar-refractivity contribution is 6.30. The van der Waals surface area contributed by atoms with Gasteiger partial charge in [-0.25, -0.2) is 0 Å². The van der Waals surface area contributed by atoms with Crippen molar-refractivity contribution in [2.75, 3.05) is 0 Å². The van der Waals surface area contributed by atoms with E-state index in [1.807, 2.05) is 38.1 Å². The van der Waals surface area contributed by atoms with Gasteiger partial charge >= 0.3 is 0 Å². The van der Waals surface area contributed by atoms with Crippen LogP contribution >= 0.6 is 11.6 Å². The molecule has 3 nitrogen and oxygen atoms in total. The van der Waals surface area contributed by atoms with Crippen LogP contribution < -0.4 is 11.1 Å². The Bertz CT molecular complexity index is 364. The summed E-state index contributed by atoms with van der Waals surface area (Å²) in [6, 6.07) is 7.37. The van der Waals surface area contributed by atoms with Gasteiger partial charge in [0.2, 0.25) is 5.91 Å². The van der Waals surface area contributed by atoms with Gasteiger partial charge in [0.15, 0.2) is 0 Å². The van der Waals surface area contributed by atoms with E-state index in [9.17, 15) is 4.79 Å². The number of amides is 1. The number of benzene rings is 1. The molecule has 0 aliphatic heterocycles. The van der Waals surface area contributed by atoms with Crippen LogP contribution in [0.4, 0.5) is 0 Å². The molecule has 1 aromatic carbocycles. The van der Waals surface area contributed by atoms with Gasteiger partial charge in [0.1, 0.15) is 0 Å². The molecule has 4 heteroatoms. The molecule has 1 rings (SSSR count). The zero-order valence-electron chi connectivity index (χ0n) is 10.2. The molecule has 1 aromatic rings. The maximum Gasteiger partial charge on any atom is 0.222 e. The molecule has 2 unspecified atom stereocenters. The zero-order chi connectivity index (χ0) is 12.8. The lowest BCUT2D eigenvalue weighted by Crippen LogP contribution is -2.32. The van der Waals surface area contributed by atoms with Crippen molar-refractivity contribution in [1.29, 1.82) is 0 Å². The Balaban J connectivity index is 2.51. The van der Waals surface area contributed by atoms with Crippen molar-refractivity contribution in [2.24, 2.45) is 5.73 Å². The number of rotatable bonds is 5. The average Bonchev–Trinajstić information content (AvgIpc) is 2.29. The first-order valence-electron chi connectivity index (χ1n) is 5.83. The summed E-state index contributed by atoms with van der Waals surface area (Å²) in [6.07, 6.45) is 1.18. The third kappa shape index (κ3) is 4.75. The van der Waals surface area contributed by atoms with E-state index >= 15 is 0 Å². The van der Waals surface area contributed by atoms with Crippen molar-refractivity contribution >= 4 is 17.5 Å². The number of hydrogen-bond donors (Lipinski definition) is 2. The number of nitrogens with one attached hydrogen (secondary N) is 1. The van der Waals surface area contributed by atoms with Gasteiger partial charge in [0.25, 0.3) is 0 Å². The van der Waals surface area contributed by atoms with E-state index < -0.39 is 0 Å². The van der Waals surface area contributed by atoms with Crippen molar-refractivity contribution in [1.82, 2.24) is 5.32 Å². The van der Waals surface area contributed by atoms with Crippen LogP contribution in [0.15, 0.2) is 24.3 Å². The second-order valence-electron chi connectivity index (χ2n) is 4.21. The fourth-order valence-corrected chi connectivity index (χ4v) is 1.64. The summed E-state index contributed by atoms with van der Waals surface area (Å²) in [6.45, 7) is 3.92. The highest BCUT2D eigenvalue weighted by atomic mass is 35.5. The summed E-state index contributed by atoms with van der Waals surface area (Å²) >= 11 is 5.81. The van der Waals surface area contributed by atoms with Gasteiger partial charge in [-0.05, 0) is 31.0 Å².